The second kappa shape index (κ2) is 6.60. The minimum absolute atomic E-state index is 0.189. The number of carbonyl (C=O) groups is 1. The minimum atomic E-state index is -0.257. The maximum Gasteiger partial charge on any atom is 0.226 e. The van der Waals surface area contributed by atoms with Crippen LogP contribution in [-0.2, 0) is 4.79 Å². The van der Waals surface area contributed by atoms with Gasteiger partial charge in [0.05, 0.1) is 0 Å². The van der Waals surface area contributed by atoms with Crippen LogP contribution >= 0.6 is 11.6 Å². The molecule has 0 spiro atoms. The van der Waals surface area contributed by atoms with Crippen LogP contribution in [0, 0.1) is 6.92 Å². The molecule has 140 valence electrons. The van der Waals surface area contributed by atoms with Crippen molar-refractivity contribution in [3.8, 4) is 11.4 Å². The Labute approximate surface area is 168 Å². The number of hydrogen-bond acceptors (Lipinski definition) is 4. The molecule has 0 radical (unpaired) electrons. The molecule has 2 heterocycles. The lowest BCUT2D eigenvalue weighted by molar-refractivity contribution is -0.116. The van der Waals surface area contributed by atoms with Crippen molar-refractivity contribution in [1.29, 1.82) is 0 Å². The predicted molar refractivity (Wildman–Crippen MR) is 109 cm³/mol. The lowest BCUT2D eigenvalue weighted by Crippen LogP contribution is -2.31. The van der Waals surface area contributed by atoms with Crippen molar-refractivity contribution in [3.63, 3.8) is 0 Å². The third-order valence-electron chi connectivity index (χ3n) is 5.33. The zero-order valence-electron chi connectivity index (χ0n) is 15.4. The van der Waals surface area contributed by atoms with Gasteiger partial charge in [-0.1, -0.05) is 41.4 Å². The number of carbonyl (C=O) groups excluding carboxylic acids is 1. The number of benzene rings is 2. The molecule has 2 aliphatic rings. The number of fused-ring (bicyclic) bond motifs is 1. The minimum Gasteiger partial charge on any atom is -0.328 e. The molecule has 1 aliphatic heterocycles. The Kier molecular flexibility index (Phi) is 4.05. The van der Waals surface area contributed by atoms with Gasteiger partial charge in [0.1, 0.15) is 6.04 Å². The summed E-state index contributed by atoms with van der Waals surface area (Å²) in [5, 5.41) is 8.82. The van der Waals surface area contributed by atoms with Crippen molar-refractivity contribution in [2.45, 2.75) is 32.2 Å². The molecule has 1 atom stereocenters. The van der Waals surface area contributed by atoms with Crippen molar-refractivity contribution >= 4 is 23.3 Å². The molecule has 3 aromatic rings. The molecule has 0 bridgehead atoms. The van der Waals surface area contributed by atoms with Crippen LogP contribution in [0.2, 0.25) is 5.02 Å². The summed E-state index contributed by atoms with van der Waals surface area (Å²) in [6.07, 6.45) is 2.30. The standard InChI is InChI=1S/C22H19ClN4O/c1-13-4-2-5-15(12-13)20-19-17(6-3-7-18(19)28)24-22-25-21(26-27(20)22)14-8-10-16(23)11-9-14/h2,4-5,8-12,20H,3,6-7H2,1H3,(H,24,25,26). The number of hydrogen-bond donors (Lipinski definition) is 1. The Balaban J connectivity index is 1.68. The molecule has 1 N–H and O–H groups in total. The third-order valence-corrected chi connectivity index (χ3v) is 5.58. The number of halogens is 1. The lowest BCUT2D eigenvalue weighted by atomic mass is 9.85. The average molecular weight is 391 g/mol. The first-order valence-corrected chi connectivity index (χ1v) is 9.80. The molecule has 0 saturated carbocycles. The van der Waals surface area contributed by atoms with Crippen LogP contribution in [0.25, 0.3) is 11.4 Å². The summed E-state index contributed by atoms with van der Waals surface area (Å²) in [6.45, 7) is 2.06. The van der Waals surface area contributed by atoms with Crippen molar-refractivity contribution in [1.82, 2.24) is 14.8 Å². The summed E-state index contributed by atoms with van der Waals surface area (Å²) >= 11 is 6.01. The smallest absolute Gasteiger partial charge is 0.226 e. The molecule has 5 rings (SSSR count). The quantitative estimate of drug-likeness (QED) is 0.674. The van der Waals surface area contributed by atoms with Crippen LogP contribution in [0.1, 0.15) is 36.4 Å². The van der Waals surface area contributed by atoms with E-state index < -0.39 is 0 Å². The van der Waals surface area contributed by atoms with Gasteiger partial charge in [0.15, 0.2) is 11.6 Å². The van der Waals surface area contributed by atoms with Gasteiger partial charge in [-0.3, -0.25) is 4.79 Å². The molecule has 6 heteroatoms. The summed E-state index contributed by atoms with van der Waals surface area (Å²) in [5.74, 6) is 1.48. The van der Waals surface area contributed by atoms with Crippen molar-refractivity contribution in [2.75, 3.05) is 5.32 Å². The maximum atomic E-state index is 12.8. The van der Waals surface area contributed by atoms with Crippen LogP contribution in [0.5, 0.6) is 0 Å². The monoisotopic (exact) mass is 390 g/mol. The molecular formula is C22H19ClN4O. The predicted octanol–water partition coefficient (Wildman–Crippen LogP) is 4.93. The van der Waals surface area contributed by atoms with Crippen molar-refractivity contribution < 1.29 is 4.79 Å². The fourth-order valence-electron chi connectivity index (χ4n) is 4.03. The molecule has 0 saturated heterocycles. The third kappa shape index (κ3) is 2.83. The molecule has 5 nitrogen and oxygen atoms in total. The maximum absolute atomic E-state index is 12.8. The van der Waals surface area contributed by atoms with E-state index in [2.05, 4.69) is 30.4 Å². The molecule has 28 heavy (non-hydrogen) atoms. The molecule has 0 fully saturated rings. The Morgan fingerprint density at radius 1 is 1.14 bits per heavy atom. The number of nitrogens with one attached hydrogen (secondary N) is 1. The van der Waals surface area contributed by atoms with E-state index >= 15 is 0 Å². The normalized spacial score (nSPS) is 18.5. The summed E-state index contributed by atoms with van der Waals surface area (Å²) in [5.41, 5.74) is 4.89. The van der Waals surface area contributed by atoms with E-state index in [9.17, 15) is 4.79 Å². The van der Waals surface area contributed by atoms with Gasteiger partial charge in [-0.2, -0.15) is 4.98 Å². The van der Waals surface area contributed by atoms with Crippen molar-refractivity contribution in [2.24, 2.45) is 0 Å². The van der Waals surface area contributed by atoms with Crippen LogP contribution < -0.4 is 5.32 Å². The van der Waals surface area contributed by atoms with Gasteiger partial charge in [-0.05, 0) is 49.6 Å². The van der Waals surface area contributed by atoms with E-state index in [1.54, 1.807) is 0 Å². The van der Waals surface area contributed by atoms with Gasteiger partial charge < -0.3 is 5.32 Å². The largest absolute Gasteiger partial charge is 0.328 e. The zero-order chi connectivity index (χ0) is 19.3. The van der Waals surface area contributed by atoms with E-state index in [0.717, 1.165) is 40.8 Å². The Morgan fingerprint density at radius 3 is 2.75 bits per heavy atom. The molecular weight excluding hydrogens is 372 g/mol. The van der Waals surface area contributed by atoms with Crippen molar-refractivity contribution in [3.05, 3.63) is 76.0 Å². The average Bonchev–Trinajstić information content (AvgIpc) is 3.10. The first-order chi connectivity index (χ1) is 13.6. The van der Waals surface area contributed by atoms with Gasteiger partial charge in [0, 0.05) is 28.3 Å². The van der Waals surface area contributed by atoms with E-state index in [4.69, 9.17) is 21.7 Å². The second-order valence-electron chi connectivity index (χ2n) is 7.32. The number of rotatable bonds is 2. The van der Waals surface area contributed by atoms with Crippen LogP contribution in [-0.4, -0.2) is 20.5 Å². The Bertz CT molecular complexity index is 1110. The van der Waals surface area contributed by atoms with Gasteiger partial charge in [0.2, 0.25) is 5.95 Å². The van der Waals surface area contributed by atoms with Gasteiger partial charge in [-0.15, -0.1) is 5.10 Å². The van der Waals surface area contributed by atoms with E-state index in [1.807, 2.05) is 35.0 Å². The van der Waals surface area contributed by atoms with Crippen LogP contribution in [0.15, 0.2) is 59.8 Å². The summed E-state index contributed by atoms with van der Waals surface area (Å²) < 4.78 is 1.85. The molecule has 2 aromatic carbocycles. The fourth-order valence-corrected chi connectivity index (χ4v) is 4.15. The highest BCUT2D eigenvalue weighted by Gasteiger charge is 2.36. The fraction of sp³-hybridized carbons (Fsp3) is 0.227. The Morgan fingerprint density at radius 2 is 1.96 bits per heavy atom. The number of nitrogens with zero attached hydrogens (tertiary/aromatic N) is 3. The molecule has 1 unspecified atom stereocenters. The summed E-state index contributed by atoms with van der Waals surface area (Å²) in [7, 11) is 0. The highest BCUT2D eigenvalue weighted by atomic mass is 35.5. The van der Waals surface area contributed by atoms with Gasteiger partial charge in [-0.25, -0.2) is 4.68 Å². The number of aryl methyl sites for hydroxylation is 1. The van der Waals surface area contributed by atoms with Gasteiger partial charge in [0.25, 0.3) is 0 Å². The summed E-state index contributed by atoms with van der Waals surface area (Å²) in [6, 6.07) is 15.5. The molecule has 0 amide bonds. The Hall–Kier alpha value is -2.92. The zero-order valence-corrected chi connectivity index (χ0v) is 16.2. The van der Waals surface area contributed by atoms with E-state index in [1.165, 1.54) is 0 Å². The number of anilines is 1. The second-order valence-corrected chi connectivity index (χ2v) is 7.76. The lowest BCUT2D eigenvalue weighted by Gasteiger charge is -2.32. The van der Waals surface area contributed by atoms with Crippen LogP contribution in [0.3, 0.4) is 0 Å². The topological polar surface area (TPSA) is 59.8 Å². The SMILES string of the molecule is Cc1cccc(C2C3=C(CCCC3=O)Nc3nc(-c4ccc(Cl)cc4)nn32)c1. The summed E-state index contributed by atoms with van der Waals surface area (Å²) in [4.78, 5) is 17.6. The number of ketones is 1. The number of allylic oxidation sites excluding steroid dienone is 2. The number of Topliss-reactive ketones (excluding diaryl/α,β-unsaturated/α-hetero) is 1. The van der Waals surface area contributed by atoms with Crippen LogP contribution in [0.4, 0.5) is 5.95 Å². The highest BCUT2D eigenvalue weighted by molar-refractivity contribution is 6.30. The van der Waals surface area contributed by atoms with E-state index in [0.29, 0.717) is 23.2 Å². The molecule has 1 aliphatic carbocycles. The first-order valence-electron chi connectivity index (χ1n) is 9.42. The number of aromatic nitrogens is 3. The highest BCUT2D eigenvalue weighted by Crippen LogP contribution is 2.40. The molecule has 1 aromatic heterocycles. The van der Waals surface area contributed by atoms with Gasteiger partial charge >= 0.3 is 0 Å². The van der Waals surface area contributed by atoms with E-state index in [-0.39, 0.29) is 11.8 Å². The first kappa shape index (κ1) is 17.2.